The summed E-state index contributed by atoms with van der Waals surface area (Å²) in [6, 6.07) is 14.3. The lowest BCUT2D eigenvalue weighted by molar-refractivity contribution is 0.0462. The van der Waals surface area contributed by atoms with Gasteiger partial charge in [0.1, 0.15) is 5.65 Å². The Morgan fingerprint density at radius 3 is 2.74 bits per heavy atom. The number of rotatable bonds is 3. The van der Waals surface area contributed by atoms with Gasteiger partial charge in [-0.05, 0) is 24.1 Å². The Labute approximate surface area is 156 Å². The zero-order valence-electron chi connectivity index (χ0n) is 15.0. The number of aromatic nitrogens is 4. The molecule has 1 N–H and O–H groups in total. The number of carbonyl (C=O) groups is 1. The second-order valence-electron chi connectivity index (χ2n) is 6.92. The predicted molar refractivity (Wildman–Crippen MR) is 103 cm³/mol. The number of pyridine rings is 1. The molecule has 27 heavy (non-hydrogen) atoms. The standard InChI is InChI=1S/C21H19N5O/c1-25-13-17(16-7-8-18(24-20(16)25)15-11-22-23-12-15)21(27)26-10-9-19(26)14-5-3-2-4-6-14/h2-8,11-13,19H,9-10H2,1H3,(H,22,23)/t19-/m1/s1. The second-order valence-corrected chi connectivity index (χ2v) is 6.92. The van der Waals surface area contributed by atoms with E-state index in [0.717, 1.165) is 35.3 Å². The zero-order valence-corrected chi connectivity index (χ0v) is 15.0. The number of nitrogens with one attached hydrogen (secondary N) is 1. The van der Waals surface area contributed by atoms with Crippen LogP contribution >= 0.6 is 0 Å². The van der Waals surface area contributed by atoms with Crippen LogP contribution < -0.4 is 0 Å². The molecular weight excluding hydrogens is 338 g/mol. The number of benzene rings is 1. The summed E-state index contributed by atoms with van der Waals surface area (Å²) in [7, 11) is 1.93. The maximum Gasteiger partial charge on any atom is 0.256 e. The van der Waals surface area contributed by atoms with Gasteiger partial charge in [0.25, 0.3) is 5.91 Å². The summed E-state index contributed by atoms with van der Waals surface area (Å²) in [5, 5.41) is 7.67. The molecule has 1 aliphatic rings. The van der Waals surface area contributed by atoms with Crippen LogP contribution in [0.15, 0.2) is 61.1 Å². The van der Waals surface area contributed by atoms with Crippen molar-refractivity contribution in [3.8, 4) is 11.3 Å². The first-order valence-corrected chi connectivity index (χ1v) is 9.03. The third-order valence-electron chi connectivity index (χ3n) is 5.31. The minimum absolute atomic E-state index is 0.0681. The van der Waals surface area contributed by atoms with Gasteiger partial charge in [0.05, 0.1) is 23.5 Å². The number of H-pyrrole nitrogens is 1. The van der Waals surface area contributed by atoms with E-state index in [9.17, 15) is 4.79 Å². The Kier molecular flexibility index (Phi) is 3.57. The number of aromatic amines is 1. The Balaban J connectivity index is 1.51. The molecule has 1 saturated heterocycles. The highest BCUT2D eigenvalue weighted by Gasteiger charge is 2.35. The van der Waals surface area contributed by atoms with Crippen LogP contribution in [0.4, 0.5) is 0 Å². The molecule has 134 valence electrons. The van der Waals surface area contributed by atoms with Crippen molar-refractivity contribution < 1.29 is 4.79 Å². The van der Waals surface area contributed by atoms with E-state index in [2.05, 4.69) is 22.3 Å². The van der Waals surface area contributed by atoms with Crippen molar-refractivity contribution in [1.82, 2.24) is 24.6 Å². The van der Waals surface area contributed by atoms with Crippen LogP contribution in [-0.2, 0) is 7.05 Å². The molecule has 1 aliphatic heterocycles. The summed E-state index contributed by atoms with van der Waals surface area (Å²) in [5.41, 5.74) is 4.46. The summed E-state index contributed by atoms with van der Waals surface area (Å²) in [4.78, 5) is 19.9. The molecule has 6 nitrogen and oxygen atoms in total. The Bertz CT molecular complexity index is 1110. The number of carbonyl (C=O) groups excluding carboxylic acids is 1. The normalized spacial score (nSPS) is 16.5. The average molecular weight is 357 g/mol. The number of aryl methyl sites for hydroxylation is 1. The number of fused-ring (bicyclic) bond motifs is 1. The van der Waals surface area contributed by atoms with Crippen molar-refractivity contribution in [2.75, 3.05) is 6.54 Å². The lowest BCUT2D eigenvalue weighted by atomic mass is 9.94. The van der Waals surface area contributed by atoms with Gasteiger partial charge >= 0.3 is 0 Å². The monoisotopic (exact) mass is 357 g/mol. The van der Waals surface area contributed by atoms with Gasteiger partial charge in [-0.3, -0.25) is 9.89 Å². The topological polar surface area (TPSA) is 66.8 Å². The predicted octanol–water partition coefficient (Wildman–Crippen LogP) is 3.55. The zero-order chi connectivity index (χ0) is 18.4. The number of amides is 1. The molecule has 5 rings (SSSR count). The van der Waals surface area contributed by atoms with E-state index in [1.807, 2.05) is 59.2 Å². The number of likely N-dealkylation sites (tertiary alicyclic amines) is 1. The third-order valence-corrected chi connectivity index (χ3v) is 5.31. The van der Waals surface area contributed by atoms with Crippen LogP contribution in [0.5, 0.6) is 0 Å². The summed E-state index contributed by atoms with van der Waals surface area (Å²) < 4.78 is 1.92. The van der Waals surface area contributed by atoms with Gasteiger partial charge in [-0.15, -0.1) is 0 Å². The Hall–Kier alpha value is -3.41. The Morgan fingerprint density at radius 2 is 2.04 bits per heavy atom. The van der Waals surface area contributed by atoms with Crippen LogP contribution in [0.25, 0.3) is 22.3 Å². The fraction of sp³-hybridized carbons (Fsp3) is 0.190. The molecule has 1 amide bonds. The fourth-order valence-corrected chi connectivity index (χ4v) is 3.78. The molecule has 4 heterocycles. The molecule has 1 fully saturated rings. The number of hydrogen-bond donors (Lipinski definition) is 1. The smallest absolute Gasteiger partial charge is 0.256 e. The molecule has 6 heteroatoms. The molecular formula is C21H19N5O. The third kappa shape index (κ3) is 2.52. The van der Waals surface area contributed by atoms with Crippen LogP contribution in [0, 0.1) is 0 Å². The SMILES string of the molecule is Cn1cc(C(=O)N2CC[C@@H]2c2ccccc2)c2ccc(-c3cn[nH]c3)nc21. The van der Waals surface area contributed by atoms with Crippen molar-refractivity contribution in [2.24, 2.45) is 7.05 Å². The van der Waals surface area contributed by atoms with Gasteiger partial charge in [-0.1, -0.05) is 30.3 Å². The second kappa shape index (κ2) is 6.09. The Morgan fingerprint density at radius 1 is 1.19 bits per heavy atom. The molecule has 0 aliphatic carbocycles. The molecule has 0 unspecified atom stereocenters. The number of nitrogens with zero attached hydrogens (tertiary/aromatic N) is 4. The van der Waals surface area contributed by atoms with Crippen LogP contribution in [0.2, 0.25) is 0 Å². The van der Waals surface area contributed by atoms with Crippen LogP contribution in [-0.4, -0.2) is 37.1 Å². The lowest BCUT2D eigenvalue weighted by Gasteiger charge is -2.41. The highest BCUT2D eigenvalue weighted by atomic mass is 16.2. The summed E-state index contributed by atoms with van der Waals surface area (Å²) in [6.07, 6.45) is 6.45. The van der Waals surface area contributed by atoms with Crippen molar-refractivity contribution in [1.29, 1.82) is 0 Å². The van der Waals surface area contributed by atoms with Gasteiger partial charge in [0.2, 0.25) is 0 Å². The van der Waals surface area contributed by atoms with Gasteiger partial charge in [-0.2, -0.15) is 5.10 Å². The molecule has 1 aromatic carbocycles. The maximum absolute atomic E-state index is 13.2. The first-order valence-electron chi connectivity index (χ1n) is 9.03. The molecule has 1 atom stereocenters. The molecule has 0 spiro atoms. The maximum atomic E-state index is 13.2. The average Bonchev–Trinajstić information content (AvgIpc) is 3.30. The number of hydrogen-bond acceptors (Lipinski definition) is 3. The van der Waals surface area contributed by atoms with E-state index in [-0.39, 0.29) is 11.9 Å². The summed E-state index contributed by atoms with van der Waals surface area (Å²) in [5.74, 6) is 0.0681. The van der Waals surface area contributed by atoms with Gasteiger partial charge < -0.3 is 9.47 Å². The van der Waals surface area contributed by atoms with Gasteiger partial charge in [0, 0.05) is 36.9 Å². The minimum Gasteiger partial charge on any atom is -0.335 e. The van der Waals surface area contributed by atoms with Crippen molar-refractivity contribution in [3.05, 3.63) is 72.2 Å². The van der Waals surface area contributed by atoms with Crippen LogP contribution in [0.3, 0.4) is 0 Å². The van der Waals surface area contributed by atoms with E-state index in [0.29, 0.717) is 5.56 Å². The molecule has 0 saturated carbocycles. The van der Waals surface area contributed by atoms with Gasteiger partial charge in [-0.25, -0.2) is 4.98 Å². The minimum atomic E-state index is 0.0681. The first-order chi connectivity index (χ1) is 13.2. The van der Waals surface area contributed by atoms with Crippen molar-refractivity contribution in [3.63, 3.8) is 0 Å². The van der Waals surface area contributed by atoms with E-state index in [1.54, 1.807) is 6.20 Å². The highest BCUT2D eigenvalue weighted by Crippen LogP contribution is 2.35. The quantitative estimate of drug-likeness (QED) is 0.610. The fourth-order valence-electron chi connectivity index (χ4n) is 3.78. The first kappa shape index (κ1) is 15.8. The molecule has 0 bridgehead atoms. The van der Waals surface area contributed by atoms with E-state index in [1.165, 1.54) is 5.56 Å². The summed E-state index contributed by atoms with van der Waals surface area (Å²) in [6.45, 7) is 0.787. The lowest BCUT2D eigenvalue weighted by Crippen LogP contribution is -2.45. The molecule has 3 aromatic heterocycles. The van der Waals surface area contributed by atoms with Gasteiger partial charge in [0.15, 0.2) is 0 Å². The van der Waals surface area contributed by atoms with E-state index < -0.39 is 0 Å². The largest absolute Gasteiger partial charge is 0.335 e. The van der Waals surface area contributed by atoms with E-state index >= 15 is 0 Å². The van der Waals surface area contributed by atoms with E-state index in [4.69, 9.17) is 4.98 Å². The van der Waals surface area contributed by atoms with Crippen molar-refractivity contribution >= 4 is 16.9 Å². The summed E-state index contributed by atoms with van der Waals surface area (Å²) >= 11 is 0. The van der Waals surface area contributed by atoms with Crippen LogP contribution in [0.1, 0.15) is 28.4 Å². The van der Waals surface area contributed by atoms with Crippen molar-refractivity contribution in [2.45, 2.75) is 12.5 Å². The highest BCUT2D eigenvalue weighted by molar-refractivity contribution is 6.06. The molecule has 0 radical (unpaired) electrons. The molecule has 4 aromatic rings.